The number of nitrogens with two attached hydrogens (primary N) is 1. The van der Waals surface area contributed by atoms with Gasteiger partial charge < -0.3 is 16.0 Å². The van der Waals surface area contributed by atoms with Gasteiger partial charge >= 0.3 is 0 Å². The fraction of sp³-hybridized carbons (Fsp3) is 0.500. The summed E-state index contributed by atoms with van der Waals surface area (Å²) in [5.41, 5.74) is 7.62. The summed E-state index contributed by atoms with van der Waals surface area (Å²) in [5, 5.41) is 6.87. The van der Waals surface area contributed by atoms with Crippen LogP contribution in [0.15, 0.2) is 30.5 Å². The normalized spacial score (nSPS) is 17.8. The van der Waals surface area contributed by atoms with Crippen molar-refractivity contribution in [3.63, 3.8) is 0 Å². The third-order valence-electron chi connectivity index (χ3n) is 5.66. The van der Waals surface area contributed by atoms with Crippen molar-refractivity contribution in [2.75, 3.05) is 6.54 Å². The molecule has 2 unspecified atom stereocenters. The van der Waals surface area contributed by atoms with Gasteiger partial charge in [0.2, 0.25) is 11.8 Å². The van der Waals surface area contributed by atoms with Crippen molar-refractivity contribution < 1.29 is 14.0 Å². The minimum absolute atomic E-state index is 0.0557. The predicted molar refractivity (Wildman–Crippen MR) is 113 cm³/mol. The molecule has 0 spiro atoms. The Balaban J connectivity index is 1.65. The molecule has 0 radical (unpaired) electrons. The number of halogens is 1. The summed E-state index contributed by atoms with van der Waals surface area (Å²) in [6, 6.07) is 5.46. The van der Waals surface area contributed by atoms with E-state index in [4.69, 9.17) is 5.73 Å². The quantitative estimate of drug-likeness (QED) is 0.783. The average Bonchev–Trinajstić information content (AvgIpc) is 3.34. The van der Waals surface area contributed by atoms with E-state index in [1.54, 1.807) is 35.0 Å². The molecule has 2 heterocycles. The van der Waals surface area contributed by atoms with Gasteiger partial charge in [0, 0.05) is 37.5 Å². The fourth-order valence-electron chi connectivity index (χ4n) is 3.66. The Hall–Kier alpha value is -2.74. The van der Waals surface area contributed by atoms with Crippen LogP contribution in [0.1, 0.15) is 39.2 Å². The van der Waals surface area contributed by atoms with E-state index in [9.17, 15) is 14.0 Å². The van der Waals surface area contributed by atoms with Gasteiger partial charge in [0.15, 0.2) is 0 Å². The highest BCUT2D eigenvalue weighted by Gasteiger charge is 2.39. The number of aryl methyl sites for hydroxylation is 1. The lowest BCUT2D eigenvalue weighted by molar-refractivity contribution is -0.141. The van der Waals surface area contributed by atoms with Crippen molar-refractivity contribution in [3.8, 4) is 11.3 Å². The van der Waals surface area contributed by atoms with Crippen molar-refractivity contribution in [3.05, 3.63) is 41.8 Å². The highest BCUT2D eigenvalue weighted by molar-refractivity contribution is 5.90. The van der Waals surface area contributed by atoms with Crippen LogP contribution in [0, 0.1) is 11.2 Å². The van der Waals surface area contributed by atoms with Gasteiger partial charge in [-0.2, -0.15) is 5.10 Å². The van der Waals surface area contributed by atoms with E-state index in [1.807, 2.05) is 26.8 Å². The van der Waals surface area contributed by atoms with Crippen LogP contribution in [-0.4, -0.2) is 45.1 Å². The second-order valence-corrected chi connectivity index (χ2v) is 8.90. The first kappa shape index (κ1) is 22.0. The average molecular weight is 416 g/mol. The molecule has 1 aromatic heterocycles. The van der Waals surface area contributed by atoms with Crippen LogP contribution >= 0.6 is 0 Å². The van der Waals surface area contributed by atoms with Gasteiger partial charge in [-0.3, -0.25) is 14.3 Å². The number of nitrogens with zero attached hydrogens (tertiary/aromatic N) is 3. The number of benzene rings is 1. The van der Waals surface area contributed by atoms with Crippen LogP contribution < -0.4 is 11.1 Å². The number of likely N-dealkylation sites (tertiary alicyclic amines) is 1. The Bertz CT molecular complexity index is 934. The molecule has 0 saturated carbocycles. The number of carbonyl (C=O) groups excluding carboxylic acids is 2. The van der Waals surface area contributed by atoms with Gasteiger partial charge in [0.05, 0.1) is 11.7 Å². The number of rotatable bonds is 5. The first-order valence-electron chi connectivity index (χ1n) is 10.2. The van der Waals surface area contributed by atoms with Gasteiger partial charge in [-0.1, -0.05) is 32.9 Å². The predicted octanol–water partition coefficient (Wildman–Crippen LogP) is 2.21. The molecule has 2 amide bonds. The Morgan fingerprint density at radius 3 is 2.67 bits per heavy atom. The van der Waals surface area contributed by atoms with Gasteiger partial charge in [0.25, 0.3) is 0 Å². The summed E-state index contributed by atoms with van der Waals surface area (Å²) in [7, 11) is 1.79. The minimum Gasteiger partial charge on any atom is -0.350 e. The van der Waals surface area contributed by atoms with E-state index < -0.39 is 17.9 Å². The maximum absolute atomic E-state index is 14.6. The van der Waals surface area contributed by atoms with Crippen LogP contribution in [0.4, 0.5) is 4.39 Å². The smallest absolute Gasteiger partial charge is 0.243 e. The lowest BCUT2D eigenvalue weighted by Gasteiger charge is -2.32. The highest BCUT2D eigenvalue weighted by Crippen LogP contribution is 2.25. The van der Waals surface area contributed by atoms with Crippen LogP contribution in [-0.2, 0) is 23.2 Å². The molecular formula is C22H30FN5O2. The van der Waals surface area contributed by atoms with Gasteiger partial charge in [-0.25, -0.2) is 4.39 Å². The molecule has 1 aromatic carbocycles. The first-order valence-corrected chi connectivity index (χ1v) is 10.2. The summed E-state index contributed by atoms with van der Waals surface area (Å²) in [6.45, 7) is 6.27. The number of aromatic nitrogens is 2. The lowest BCUT2D eigenvalue weighted by Crippen LogP contribution is -2.54. The van der Waals surface area contributed by atoms with Crippen molar-refractivity contribution in [1.82, 2.24) is 20.0 Å². The zero-order valence-electron chi connectivity index (χ0n) is 18.0. The molecule has 2 aromatic rings. The molecular weight excluding hydrogens is 385 g/mol. The van der Waals surface area contributed by atoms with E-state index in [1.165, 1.54) is 6.07 Å². The van der Waals surface area contributed by atoms with Gasteiger partial charge in [-0.15, -0.1) is 0 Å². The van der Waals surface area contributed by atoms with Crippen LogP contribution in [0.25, 0.3) is 11.3 Å². The molecule has 30 heavy (non-hydrogen) atoms. The van der Waals surface area contributed by atoms with Gasteiger partial charge in [-0.05, 0) is 30.4 Å². The van der Waals surface area contributed by atoms with E-state index in [0.717, 1.165) is 12.1 Å². The standard InChI is InChI=1S/C22H30FN5O2/c1-22(2,3)19(24)21(30)28-11-5-6-18(28)20(29)25-13-15-8-7-14(12-16(15)23)17-9-10-26-27(17)4/h7-10,12,18-19H,5-6,11,13,24H2,1-4H3,(H,25,29). The second kappa shape index (κ2) is 8.55. The summed E-state index contributed by atoms with van der Waals surface area (Å²) >= 11 is 0. The highest BCUT2D eigenvalue weighted by atomic mass is 19.1. The largest absolute Gasteiger partial charge is 0.350 e. The SMILES string of the molecule is Cn1nccc1-c1ccc(CNC(=O)C2CCCN2C(=O)C(N)C(C)(C)C)c(F)c1. The summed E-state index contributed by atoms with van der Waals surface area (Å²) in [4.78, 5) is 27.1. The van der Waals surface area contributed by atoms with E-state index in [2.05, 4.69) is 10.4 Å². The van der Waals surface area contributed by atoms with Crippen LogP contribution in [0.5, 0.6) is 0 Å². The number of amides is 2. The minimum atomic E-state index is -0.678. The zero-order valence-corrected chi connectivity index (χ0v) is 18.0. The summed E-state index contributed by atoms with van der Waals surface area (Å²) in [6.07, 6.45) is 2.98. The third kappa shape index (κ3) is 4.53. The summed E-state index contributed by atoms with van der Waals surface area (Å²) < 4.78 is 16.3. The molecule has 7 nitrogen and oxygen atoms in total. The molecule has 1 aliphatic heterocycles. The molecule has 1 fully saturated rings. The molecule has 0 bridgehead atoms. The molecule has 0 aliphatic carbocycles. The van der Waals surface area contributed by atoms with Crippen molar-refractivity contribution in [1.29, 1.82) is 0 Å². The molecule has 3 rings (SSSR count). The first-order chi connectivity index (χ1) is 14.1. The topological polar surface area (TPSA) is 93.2 Å². The van der Waals surface area contributed by atoms with E-state index in [-0.39, 0.29) is 23.8 Å². The summed E-state index contributed by atoms with van der Waals surface area (Å²) in [5.74, 6) is -0.896. The Kier molecular flexibility index (Phi) is 6.26. The Morgan fingerprint density at radius 1 is 1.33 bits per heavy atom. The van der Waals surface area contributed by atoms with E-state index >= 15 is 0 Å². The molecule has 1 aliphatic rings. The van der Waals surface area contributed by atoms with Crippen molar-refractivity contribution >= 4 is 11.8 Å². The van der Waals surface area contributed by atoms with Crippen LogP contribution in [0.2, 0.25) is 0 Å². The molecule has 8 heteroatoms. The Labute approximate surface area is 176 Å². The van der Waals surface area contributed by atoms with Crippen molar-refractivity contribution in [2.24, 2.45) is 18.2 Å². The van der Waals surface area contributed by atoms with Crippen LogP contribution in [0.3, 0.4) is 0 Å². The maximum atomic E-state index is 14.6. The monoisotopic (exact) mass is 415 g/mol. The molecule has 2 atom stereocenters. The zero-order chi connectivity index (χ0) is 22.1. The number of hydrogen-bond donors (Lipinski definition) is 2. The molecule has 3 N–H and O–H groups in total. The Morgan fingerprint density at radius 2 is 2.07 bits per heavy atom. The fourth-order valence-corrected chi connectivity index (χ4v) is 3.66. The lowest BCUT2D eigenvalue weighted by atomic mass is 9.86. The number of nitrogens with one attached hydrogen (secondary N) is 1. The molecule has 1 saturated heterocycles. The van der Waals surface area contributed by atoms with Crippen molar-refractivity contribution in [2.45, 2.75) is 52.2 Å². The third-order valence-corrected chi connectivity index (χ3v) is 5.66. The number of hydrogen-bond acceptors (Lipinski definition) is 4. The number of carbonyl (C=O) groups is 2. The molecule has 162 valence electrons. The van der Waals surface area contributed by atoms with E-state index in [0.29, 0.717) is 24.1 Å². The van der Waals surface area contributed by atoms with Gasteiger partial charge in [0.1, 0.15) is 11.9 Å². The second-order valence-electron chi connectivity index (χ2n) is 8.90. The maximum Gasteiger partial charge on any atom is 0.243 e.